The second-order valence-corrected chi connectivity index (χ2v) is 7.83. The fourth-order valence-corrected chi connectivity index (χ4v) is 3.98. The Balaban J connectivity index is 1.56. The van der Waals surface area contributed by atoms with Gasteiger partial charge in [0.15, 0.2) is 0 Å². The predicted octanol–water partition coefficient (Wildman–Crippen LogP) is 3.48. The van der Waals surface area contributed by atoms with Crippen molar-refractivity contribution >= 4 is 39.1 Å². The van der Waals surface area contributed by atoms with Crippen LogP contribution in [0.15, 0.2) is 35.4 Å². The first-order valence-electron chi connectivity index (χ1n) is 8.42. The quantitative estimate of drug-likeness (QED) is 0.702. The van der Waals surface area contributed by atoms with Crippen molar-refractivity contribution in [2.45, 2.75) is 33.2 Å². The van der Waals surface area contributed by atoms with Crippen LogP contribution in [0.1, 0.15) is 22.4 Å². The van der Waals surface area contributed by atoms with Crippen LogP contribution in [0.5, 0.6) is 0 Å². The second-order valence-electron chi connectivity index (χ2n) is 6.19. The minimum Gasteiger partial charge on any atom is -0.356 e. The summed E-state index contributed by atoms with van der Waals surface area (Å²) in [5.41, 5.74) is 1.97. The molecule has 3 aromatic rings. The molecule has 1 aromatic carbocycles. The maximum atomic E-state index is 12.6. The van der Waals surface area contributed by atoms with E-state index in [0.717, 1.165) is 20.8 Å². The number of nitrogens with one attached hydrogen (secondary N) is 1. The predicted molar refractivity (Wildman–Crippen MR) is 106 cm³/mol. The van der Waals surface area contributed by atoms with Crippen LogP contribution in [0.3, 0.4) is 0 Å². The first-order chi connectivity index (χ1) is 12.5. The fraction of sp³-hybridized carbons (Fsp3) is 0.316. The molecule has 0 radical (unpaired) electrons. The monoisotopic (exact) mass is 389 g/mol. The van der Waals surface area contributed by atoms with Crippen molar-refractivity contribution < 1.29 is 4.79 Å². The number of fused-ring (bicyclic) bond motifs is 1. The molecule has 5 nitrogen and oxygen atoms in total. The molecule has 0 saturated heterocycles. The minimum atomic E-state index is -0.0859. The standard InChI is InChI=1S/C19H20ClN3O2S/c1-12-13(2)26-18-17(12)19(25)23(11-22-18)9-7-16(24)21-8-6-14-4-3-5-15(20)10-14/h3-5,10-11H,6-9H2,1-2H3,(H,21,24). The van der Waals surface area contributed by atoms with Crippen LogP contribution in [-0.2, 0) is 17.8 Å². The van der Waals surface area contributed by atoms with E-state index in [4.69, 9.17) is 11.6 Å². The van der Waals surface area contributed by atoms with E-state index in [1.807, 2.05) is 38.1 Å². The largest absolute Gasteiger partial charge is 0.356 e. The normalized spacial score (nSPS) is 11.0. The molecule has 0 aliphatic carbocycles. The molecule has 0 aliphatic rings. The van der Waals surface area contributed by atoms with E-state index >= 15 is 0 Å². The number of halogens is 1. The number of aryl methyl sites for hydroxylation is 3. The Bertz CT molecular complexity index is 1010. The van der Waals surface area contributed by atoms with Gasteiger partial charge in [0.2, 0.25) is 5.91 Å². The summed E-state index contributed by atoms with van der Waals surface area (Å²) < 4.78 is 1.51. The van der Waals surface area contributed by atoms with Gasteiger partial charge in [-0.25, -0.2) is 4.98 Å². The number of aromatic nitrogens is 2. The zero-order valence-electron chi connectivity index (χ0n) is 14.7. The van der Waals surface area contributed by atoms with Crippen molar-refractivity contribution in [3.63, 3.8) is 0 Å². The summed E-state index contributed by atoms with van der Waals surface area (Å²) in [6.45, 7) is 4.77. The van der Waals surface area contributed by atoms with Gasteiger partial charge in [0, 0.05) is 29.4 Å². The minimum absolute atomic E-state index is 0.0800. The van der Waals surface area contributed by atoms with Crippen LogP contribution in [0, 0.1) is 13.8 Å². The van der Waals surface area contributed by atoms with Gasteiger partial charge < -0.3 is 5.32 Å². The molecule has 2 aromatic heterocycles. The average molecular weight is 390 g/mol. The molecule has 0 fully saturated rings. The van der Waals surface area contributed by atoms with Crippen molar-refractivity contribution in [2.24, 2.45) is 0 Å². The molecule has 3 rings (SSSR count). The number of hydrogen-bond acceptors (Lipinski definition) is 4. The van der Waals surface area contributed by atoms with Crippen molar-refractivity contribution in [1.29, 1.82) is 0 Å². The lowest BCUT2D eigenvalue weighted by Gasteiger charge is -2.07. The van der Waals surface area contributed by atoms with Crippen LogP contribution in [-0.4, -0.2) is 22.0 Å². The maximum absolute atomic E-state index is 12.6. The first-order valence-corrected chi connectivity index (χ1v) is 9.61. The van der Waals surface area contributed by atoms with E-state index in [-0.39, 0.29) is 17.9 Å². The Morgan fingerprint density at radius 3 is 2.92 bits per heavy atom. The van der Waals surface area contributed by atoms with Gasteiger partial charge in [-0.05, 0) is 43.5 Å². The lowest BCUT2D eigenvalue weighted by molar-refractivity contribution is -0.121. The number of nitrogens with zero attached hydrogens (tertiary/aromatic N) is 2. The van der Waals surface area contributed by atoms with E-state index in [2.05, 4.69) is 10.3 Å². The molecule has 2 heterocycles. The third-order valence-corrected chi connectivity index (χ3v) is 5.71. The highest BCUT2D eigenvalue weighted by Gasteiger charge is 2.12. The van der Waals surface area contributed by atoms with Crippen molar-refractivity contribution in [1.82, 2.24) is 14.9 Å². The van der Waals surface area contributed by atoms with Crippen LogP contribution >= 0.6 is 22.9 Å². The van der Waals surface area contributed by atoms with Gasteiger partial charge in [-0.2, -0.15) is 0 Å². The second kappa shape index (κ2) is 8.01. The zero-order valence-corrected chi connectivity index (χ0v) is 16.3. The summed E-state index contributed by atoms with van der Waals surface area (Å²) in [7, 11) is 0. The van der Waals surface area contributed by atoms with Gasteiger partial charge in [-0.15, -0.1) is 11.3 Å². The van der Waals surface area contributed by atoms with E-state index in [1.54, 1.807) is 0 Å². The number of thiophene rings is 1. The van der Waals surface area contributed by atoms with Crippen LogP contribution in [0.2, 0.25) is 5.02 Å². The number of rotatable bonds is 6. The van der Waals surface area contributed by atoms with Crippen LogP contribution in [0.25, 0.3) is 10.2 Å². The van der Waals surface area contributed by atoms with E-state index in [1.165, 1.54) is 22.2 Å². The van der Waals surface area contributed by atoms with Gasteiger partial charge in [0.05, 0.1) is 11.7 Å². The Labute approximate surface area is 160 Å². The number of carbonyl (C=O) groups is 1. The number of amides is 1. The smallest absolute Gasteiger partial charge is 0.262 e. The van der Waals surface area contributed by atoms with Crippen LogP contribution in [0.4, 0.5) is 0 Å². The number of hydrogen-bond donors (Lipinski definition) is 1. The molecule has 136 valence electrons. The molecule has 0 atom stereocenters. The van der Waals surface area contributed by atoms with Gasteiger partial charge in [0.25, 0.3) is 5.56 Å². The molecule has 0 saturated carbocycles. The van der Waals surface area contributed by atoms with Crippen molar-refractivity contribution in [3.05, 3.63) is 62.0 Å². The molecule has 1 N–H and O–H groups in total. The Kier molecular flexibility index (Phi) is 5.74. The summed E-state index contributed by atoms with van der Waals surface area (Å²) in [5.74, 6) is -0.0859. The molecule has 0 aliphatic heterocycles. The third-order valence-electron chi connectivity index (χ3n) is 4.36. The van der Waals surface area contributed by atoms with Gasteiger partial charge >= 0.3 is 0 Å². The van der Waals surface area contributed by atoms with E-state index in [9.17, 15) is 9.59 Å². The summed E-state index contributed by atoms with van der Waals surface area (Å²) in [4.78, 5) is 30.8. The topological polar surface area (TPSA) is 64.0 Å². The molecule has 26 heavy (non-hydrogen) atoms. The summed E-state index contributed by atoms with van der Waals surface area (Å²) in [5, 5.41) is 4.23. The van der Waals surface area contributed by atoms with Crippen molar-refractivity contribution in [2.75, 3.05) is 6.54 Å². The summed E-state index contributed by atoms with van der Waals surface area (Å²) in [6, 6.07) is 7.58. The third kappa shape index (κ3) is 4.14. The van der Waals surface area contributed by atoms with E-state index < -0.39 is 0 Å². The molecule has 0 bridgehead atoms. The zero-order chi connectivity index (χ0) is 18.7. The maximum Gasteiger partial charge on any atom is 0.262 e. The SMILES string of the molecule is Cc1sc2ncn(CCC(=O)NCCc3cccc(Cl)c3)c(=O)c2c1C. The first kappa shape index (κ1) is 18.6. The van der Waals surface area contributed by atoms with Crippen molar-refractivity contribution in [3.8, 4) is 0 Å². The molecule has 1 amide bonds. The van der Waals surface area contributed by atoms with Crippen LogP contribution < -0.4 is 10.9 Å². The molecule has 7 heteroatoms. The average Bonchev–Trinajstić information content (AvgIpc) is 2.89. The van der Waals surface area contributed by atoms with Gasteiger partial charge in [-0.3, -0.25) is 14.2 Å². The highest BCUT2D eigenvalue weighted by molar-refractivity contribution is 7.18. The van der Waals surface area contributed by atoms with Gasteiger partial charge in [0.1, 0.15) is 4.83 Å². The Morgan fingerprint density at radius 1 is 1.35 bits per heavy atom. The molecular weight excluding hydrogens is 370 g/mol. The summed E-state index contributed by atoms with van der Waals surface area (Å²) in [6.07, 6.45) is 2.48. The lowest BCUT2D eigenvalue weighted by atomic mass is 10.1. The van der Waals surface area contributed by atoms with Gasteiger partial charge in [-0.1, -0.05) is 23.7 Å². The van der Waals surface area contributed by atoms with E-state index in [0.29, 0.717) is 29.9 Å². The molecule has 0 spiro atoms. The Hall–Kier alpha value is -2.18. The lowest BCUT2D eigenvalue weighted by Crippen LogP contribution is -2.29. The Morgan fingerprint density at radius 2 is 2.15 bits per heavy atom. The highest BCUT2D eigenvalue weighted by Crippen LogP contribution is 2.25. The number of carbonyl (C=O) groups excluding carboxylic acids is 1. The molecular formula is C19H20ClN3O2S. The number of benzene rings is 1. The fourth-order valence-electron chi connectivity index (χ4n) is 2.78. The molecule has 0 unspecified atom stereocenters. The summed E-state index contributed by atoms with van der Waals surface area (Å²) >= 11 is 7.47. The highest BCUT2D eigenvalue weighted by atomic mass is 35.5.